The molecule has 0 aromatic heterocycles. The molecule has 0 saturated heterocycles. The quantitative estimate of drug-likeness (QED) is 0.463. The molecule has 0 aliphatic carbocycles. The van der Waals surface area contributed by atoms with E-state index in [0.29, 0.717) is 13.1 Å². The van der Waals surface area contributed by atoms with E-state index < -0.39 is 0 Å². The van der Waals surface area contributed by atoms with Crippen LogP contribution in [0, 0.1) is 0 Å². The Bertz CT molecular complexity index is 34.9. The van der Waals surface area contributed by atoms with Crippen LogP contribution in [0.15, 0.2) is 0 Å². The van der Waals surface area contributed by atoms with E-state index in [-0.39, 0.29) is 14.1 Å². The number of halogens is 3. The Morgan fingerprint density at radius 2 is 1.10 bits per heavy atom. The van der Waals surface area contributed by atoms with E-state index in [0.717, 1.165) is 13.1 Å². The molecule has 0 aromatic carbocycles. The molecule has 0 aromatic rings. The lowest BCUT2D eigenvalue weighted by Gasteiger charge is -1.95. The zero-order valence-electron chi connectivity index (χ0n) is 5.71. The highest BCUT2D eigenvalue weighted by atomic mass is 19.0. The van der Waals surface area contributed by atoms with Gasteiger partial charge in [-0.15, -0.1) is 0 Å². The SMILES string of the molecule is F.F.F.NCCNCCN. The first-order valence-electron chi connectivity index (χ1n) is 2.52. The summed E-state index contributed by atoms with van der Waals surface area (Å²) in [4.78, 5) is 0. The third-order valence-electron chi connectivity index (χ3n) is 0.642. The highest BCUT2D eigenvalue weighted by Gasteiger charge is 1.76. The Labute approximate surface area is 58.2 Å². The van der Waals surface area contributed by atoms with E-state index in [4.69, 9.17) is 11.5 Å². The van der Waals surface area contributed by atoms with Crippen molar-refractivity contribution < 1.29 is 14.1 Å². The van der Waals surface area contributed by atoms with Gasteiger partial charge in [0.25, 0.3) is 0 Å². The number of hydrogen-bond donors (Lipinski definition) is 3. The van der Waals surface area contributed by atoms with Gasteiger partial charge in [0.2, 0.25) is 0 Å². The molecule has 0 saturated carbocycles. The highest BCUT2D eigenvalue weighted by Crippen LogP contribution is 1.49. The van der Waals surface area contributed by atoms with Gasteiger partial charge in [-0.25, -0.2) is 0 Å². The summed E-state index contributed by atoms with van der Waals surface area (Å²) in [7, 11) is 0. The summed E-state index contributed by atoms with van der Waals surface area (Å²) in [5, 5.41) is 3.03. The topological polar surface area (TPSA) is 64.1 Å². The van der Waals surface area contributed by atoms with Crippen LogP contribution in [-0.2, 0) is 0 Å². The van der Waals surface area contributed by atoms with Crippen LogP contribution in [0.5, 0.6) is 0 Å². The van der Waals surface area contributed by atoms with E-state index in [1.807, 2.05) is 0 Å². The molecule has 0 unspecified atom stereocenters. The molecule has 0 spiro atoms. The highest BCUT2D eigenvalue weighted by molar-refractivity contribution is 4.45. The van der Waals surface area contributed by atoms with Gasteiger partial charge in [0.05, 0.1) is 0 Å². The number of nitrogens with two attached hydrogens (primary N) is 2. The Kier molecular flexibility index (Phi) is 52.9. The molecule has 10 heavy (non-hydrogen) atoms. The molecular weight excluding hydrogens is 147 g/mol. The maximum Gasteiger partial charge on any atom is 0.00750 e. The second-order valence-electron chi connectivity index (χ2n) is 1.33. The van der Waals surface area contributed by atoms with Crippen molar-refractivity contribution in [2.24, 2.45) is 11.5 Å². The summed E-state index contributed by atoms with van der Waals surface area (Å²) in [5.74, 6) is 0. The molecule has 5 N–H and O–H groups in total. The zero-order chi connectivity index (χ0) is 5.54. The minimum absolute atomic E-state index is 0. The average molecular weight is 163 g/mol. The minimum atomic E-state index is 0. The minimum Gasteiger partial charge on any atom is -0.329 e. The van der Waals surface area contributed by atoms with Gasteiger partial charge in [-0.3, -0.25) is 14.1 Å². The van der Waals surface area contributed by atoms with Gasteiger partial charge in [0, 0.05) is 26.2 Å². The summed E-state index contributed by atoms with van der Waals surface area (Å²) >= 11 is 0. The standard InChI is InChI=1S/C4H13N3.3FH/c5-1-3-7-4-2-6;;;/h7H,1-6H2;3*1H. The summed E-state index contributed by atoms with van der Waals surface area (Å²) in [6.07, 6.45) is 0. The van der Waals surface area contributed by atoms with Crippen molar-refractivity contribution in [1.29, 1.82) is 0 Å². The first-order valence-corrected chi connectivity index (χ1v) is 2.52. The first-order chi connectivity index (χ1) is 3.41. The van der Waals surface area contributed by atoms with Crippen LogP contribution < -0.4 is 16.8 Å². The Morgan fingerprint density at radius 1 is 0.800 bits per heavy atom. The van der Waals surface area contributed by atoms with E-state index in [2.05, 4.69) is 5.32 Å². The van der Waals surface area contributed by atoms with Crippen LogP contribution in [0.25, 0.3) is 0 Å². The van der Waals surface area contributed by atoms with Crippen molar-refractivity contribution in [3.8, 4) is 0 Å². The van der Waals surface area contributed by atoms with Crippen molar-refractivity contribution >= 4 is 0 Å². The van der Waals surface area contributed by atoms with Crippen LogP contribution in [0.3, 0.4) is 0 Å². The second-order valence-corrected chi connectivity index (χ2v) is 1.33. The molecule has 0 amide bonds. The third kappa shape index (κ3) is 25.3. The largest absolute Gasteiger partial charge is 0.329 e. The molecule has 0 aliphatic rings. The summed E-state index contributed by atoms with van der Waals surface area (Å²) in [6, 6.07) is 0. The third-order valence-corrected chi connectivity index (χ3v) is 0.642. The lowest BCUT2D eigenvalue weighted by Crippen LogP contribution is -2.27. The molecule has 0 bridgehead atoms. The van der Waals surface area contributed by atoms with Gasteiger partial charge in [-0.2, -0.15) is 0 Å². The molecule has 68 valence electrons. The monoisotopic (exact) mass is 163 g/mol. The van der Waals surface area contributed by atoms with E-state index >= 15 is 0 Å². The van der Waals surface area contributed by atoms with Gasteiger partial charge in [-0.1, -0.05) is 0 Å². The fraction of sp³-hybridized carbons (Fsp3) is 1.00. The molecule has 6 heteroatoms. The van der Waals surface area contributed by atoms with Crippen LogP contribution in [0.4, 0.5) is 14.1 Å². The Hall–Kier alpha value is -0.330. The molecular formula is C4H16F3N3. The van der Waals surface area contributed by atoms with Crippen molar-refractivity contribution in [3.05, 3.63) is 0 Å². The molecule has 3 nitrogen and oxygen atoms in total. The molecule has 0 rings (SSSR count). The summed E-state index contributed by atoms with van der Waals surface area (Å²) < 4.78 is 0. The van der Waals surface area contributed by atoms with Gasteiger partial charge in [0.15, 0.2) is 0 Å². The van der Waals surface area contributed by atoms with Crippen molar-refractivity contribution in [3.63, 3.8) is 0 Å². The average Bonchev–Trinajstić information content (AvgIpc) is 1.69. The van der Waals surface area contributed by atoms with Crippen molar-refractivity contribution in [1.82, 2.24) is 5.32 Å². The lowest BCUT2D eigenvalue weighted by molar-refractivity contribution is 0.696. The van der Waals surface area contributed by atoms with Gasteiger partial charge in [0.1, 0.15) is 0 Å². The van der Waals surface area contributed by atoms with Crippen LogP contribution in [-0.4, -0.2) is 26.2 Å². The van der Waals surface area contributed by atoms with E-state index in [1.54, 1.807) is 0 Å². The van der Waals surface area contributed by atoms with Crippen LogP contribution in [0.1, 0.15) is 0 Å². The predicted molar refractivity (Wildman–Crippen MR) is 38.5 cm³/mol. The molecule has 0 atom stereocenters. The van der Waals surface area contributed by atoms with Crippen molar-refractivity contribution in [2.45, 2.75) is 0 Å². The smallest absolute Gasteiger partial charge is 0.00750 e. The number of nitrogens with one attached hydrogen (secondary N) is 1. The number of hydrogen-bond acceptors (Lipinski definition) is 3. The fourth-order valence-electron chi connectivity index (χ4n) is 0.329. The molecule has 0 heterocycles. The maximum absolute atomic E-state index is 5.17. The first kappa shape index (κ1) is 22.6. The molecule has 0 fully saturated rings. The predicted octanol–water partition coefficient (Wildman–Crippen LogP) is -1.05. The Balaban J connectivity index is -0.0000000600. The zero-order valence-corrected chi connectivity index (χ0v) is 5.71. The molecule has 0 aliphatic heterocycles. The van der Waals surface area contributed by atoms with Crippen LogP contribution >= 0.6 is 0 Å². The van der Waals surface area contributed by atoms with Crippen molar-refractivity contribution in [2.75, 3.05) is 26.2 Å². The van der Waals surface area contributed by atoms with Crippen LogP contribution in [0.2, 0.25) is 0 Å². The molecule has 0 radical (unpaired) electrons. The summed E-state index contributed by atoms with van der Waals surface area (Å²) in [6.45, 7) is 3.13. The number of rotatable bonds is 4. The van der Waals surface area contributed by atoms with Gasteiger partial charge < -0.3 is 16.8 Å². The van der Waals surface area contributed by atoms with Gasteiger partial charge >= 0.3 is 0 Å². The lowest BCUT2D eigenvalue weighted by atomic mass is 10.6. The maximum atomic E-state index is 5.17. The van der Waals surface area contributed by atoms with E-state index in [9.17, 15) is 0 Å². The summed E-state index contributed by atoms with van der Waals surface area (Å²) in [5.41, 5.74) is 10.3. The van der Waals surface area contributed by atoms with E-state index in [1.165, 1.54) is 0 Å². The second kappa shape index (κ2) is 23.4. The normalized spacial score (nSPS) is 6.60. The van der Waals surface area contributed by atoms with Gasteiger partial charge in [-0.05, 0) is 0 Å². The Morgan fingerprint density at radius 3 is 1.30 bits per heavy atom. The fourth-order valence-corrected chi connectivity index (χ4v) is 0.329.